The summed E-state index contributed by atoms with van der Waals surface area (Å²) in [6.45, 7) is 10.2. The summed E-state index contributed by atoms with van der Waals surface area (Å²) in [5.74, 6) is 1.26. The van der Waals surface area contributed by atoms with E-state index in [1.165, 1.54) is 36.0 Å². The average Bonchev–Trinajstić information content (AvgIpc) is 3.26. The van der Waals surface area contributed by atoms with E-state index in [4.69, 9.17) is 5.73 Å². The standard InChI is InChI=1S/C21H29NOSi2/c1-24(2)20(18-10-6-8-14-7-5-9-17(14)18)15-11-12-16(13-15)21(20,19(22)23)25(24,3)4/h5-6,8-10,15-16H,7,11-13H2,1-4H3,(H2,22,23). The summed E-state index contributed by atoms with van der Waals surface area (Å²) in [6.07, 6.45) is 9.42. The van der Waals surface area contributed by atoms with Crippen LogP contribution in [0.5, 0.6) is 0 Å². The number of allylic oxidation sites excluding steroid dienone is 1. The van der Waals surface area contributed by atoms with Crippen LogP contribution in [0.25, 0.3) is 6.08 Å². The van der Waals surface area contributed by atoms with Gasteiger partial charge in [0.2, 0.25) is 5.91 Å². The van der Waals surface area contributed by atoms with Gasteiger partial charge >= 0.3 is 0 Å². The maximum Gasteiger partial charge on any atom is 0.221 e. The van der Waals surface area contributed by atoms with Crippen molar-refractivity contribution in [3.8, 4) is 0 Å². The Morgan fingerprint density at radius 2 is 1.84 bits per heavy atom. The van der Waals surface area contributed by atoms with Crippen LogP contribution in [0, 0.1) is 11.8 Å². The fourth-order valence-corrected chi connectivity index (χ4v) is 27.2. The first kappa shape index (κ1) is 16.1. The Hall–Kier alpha value is -1.14. The van der Waals surface area contributed by atoms with Gasteiger partial charge in [0.1, 0.15) is 0 Å². The third-order valence-electron chi connectivity index (χ3n) is 9.45. The fourth-order valence-electron chi connectivity index (χ4n) is 8.45. The highest BCUT2D eigenvalue weighted by atomic mass is 29.3. The Kier molecular flexibility index (Phi) is 2.83. The zero-order valence-electron chi connectivity index (χ0n) is 15.9. The van der Waals surface area contributed by atoms with Crippen LogP contribution in [-0.2, 0) is 16.3 Å². The second-order valence-electron chi connectivity index (χ2n) is 9.92. The lowest BCUT2D eigenvalue weighted by molar-refractivity contribution is -0.124. The summed E-state index contributed by atoms with van der Waals surface area (Å²) >= 11 is 0. The molecule has 0 radical (unpaired) electrons. The Labute approximate surface area is 152 Å². The minimum Gasteiger partial charge on any atom is -0.369 e. The Balaban J connectivity index is 1.89. The summed E-state index contributed by atoms with van der Waals surface area (Å²) in [5, 5.41) is -0.116. The molecule has 4 atom stereocenters. The molecule has 4 aliphatic rings. The van der Waals surface area contributed by atoms with Crippen LogP contribution in [-0.4, -0.2) is 21.1 Å². The van der Waals surface area contributed by atoms with Gasteiger partial charge in [-0.2, -0.15) is 0 Å². The lowest BCUT2D eigenvalue weighted by Gasteiger charge is -2.78. The van der Waals surface area contributed by atoms with Crippen LogP contribution in [0.15, 0.2) is 24.3 Å². The number of carbonyl (C=O) groups is 1. The number of nitrogens with two attached hydrogens (primary N) is 1. The normalized spacial score (nSPS) is 41.3. The summed E-state index contributed by atoms with van der Waals surface area (Å²) in [5.41, 5.74) is 10.7. The minimum absolute atomic E-state index is 0.0442. The summed E-state index contributed by atoms with van der Waals surface area (Å²) in [7, 11) is -3.35. The SMILES string of the molecule is C[Si]1(C)C2(C(N)=O)C3CCC(C3)C2(c2cccc3c2C=CC3)[Si]1(C)C. The first-order chi connectivity index (χ1) is 11.7. The number of hydrogen-bond donors (Lipinski definition) is 1. The second-order valence-corrected chi connectivity index (χ2v) is 25.5. The van der Waals surface area contributed by atoms with Gasteiger partial charge in [0.15, 0.2) is 0 Å². The van der Waals surface area contributed by atoms with Crippen molar-refractivity contribution in [3.63, 3.8) is 0 Å². The second kappa shape index (κ2) is 4.40. The number of hydrogen-bond acceptors (Lipinski definition) is 1. The van der Waals surface area contributed by atoms with Gasteiger partial charge in [0.05, 0.1) is 20.2 Å². The molecule has 3 fully saturated rings. The van der Waals surface area contributed by atoms with Gasteiger partial charge in [-0.1, -0.05) is 56.5 Å². The number of benzene rings is 1. The zero-order chi connectivity index (χ0) is 17.8. The molecule has 1 aromatic rings. The third kappa shape index (κ3) is 1.29. The highest BCUT2D eigenvalue weighted by Crippen LogP contribution is 2.85. The van der Waals surface area contributed by atoms with E-state index >= 15 is 0 Å². The number of fused-ring (bicyclic) bond motifs is 6. The summed E-state index contributed by atoms with van der Waals surface area (Å²) in [6, 6.07) is 6.88. The molecular weight excluding hydrogens is 338 g/mol. The van der Waals surface area contributed by atoms with E-state index in [1.54, 1.807) is 0 Å². The van der Waals surface area contributed by atoms with Crippen LogP contribution in [0.1, 0.15) is 36.0 Å². The lowest BCUT2D eigenvalue weighted by atomic mass is 9.71. The zero-order valence-corrected chi connectivity index (χ0v) is 17.9. The molecule has 0 aromatic heterocycles. The van der Waals surface area contributed by atoms with Gasteiger partial charge in [0, 0.05) is 5.04 Å². The molecule has 1 saturated heterocycles. The van der Waals surface area contributed by atoms with Crippen molar-refractivity contribution in [1.29, 1.82) is 0 Å². The van der Waals surface area contributed by atoms with Crippen molar-refractivity contribution in [2.75, 3.05) is 0 Å². The van der Waals surface area contributed by atoms with E-state index < -0.39 is 15.2 Å². The molecule has 4 heteroatoms. The van der Waals surface area contributed by atoms with Crippen LogP contribution in [0.4, 0.5) is 0 Å². The monoisotopic (exact) mass is 367 g/mol. The number of carbonyl (C=O) groups excluding carboxylic acids is 1. The predicted octanol–water partition coefficient (Wildman–Crippen LogP) is 4.20. The molecule has 4 unspecified atom stereocenters. The molecule has 2 bridgehead atoms. The number of amides is 1. The predicted molar refractivity (Wildman–Crippen MR) is 109 cm³/mol. The molecule has 1 aliphatic heterocycles. The van der Waals surface area contributed by atoms with E-state index in [-0.39, 0.29) is 16.0 Å². The Morgan fingerprint density at radius 1 is 1.12 bits per heavy atom. The smallest absolute Gasteiger partial charge is 0.221 e. The Bertz CT molecular complexity index is 842. The van der Waals surface area contributed by atoms with E-state index in [2.05, 4.69) is 56.5 Å². The molecule has 132 valence electrons. The fraction of sp³-hybridized carbons (Fsp3) is 0.571. The molecule has 1 heterocycles. The molecule has 1 amide bonds. The van der Waals surface area contributed by atoms with E-state index in [9.17, 15) is 4.79 Å². The van der Waals surface area contributed by atoms with Gasteiger partial charge in [0.25, 0.3) is 0 Å². The van der Waals surface area contributed by atoms with Gasteiger partial charge in [-0.25, -0.2) is 0 Å². The largest absolute Gasteiger partial charge is 0.369 e. The van der Waals surface area contributed by atoms with E-state index in [0.717, 1.165) is 6.42 Å². The van der Waals surface area contributed by atoms with Crippen molar-refractivity contribution in [2.24, 2.45) is 17.6 Å². The molecule has 2 nitrogen and oxygen atoms in total. The summed E-state index contributed by atoms with van der Waals surface area (Å²) < 4.78 is 0. The molecule has 3 aliphatic carbocycles. The topological polar surface area (TPSA) is 43.1 Å². The van der Waals surface area contributed by atoms with Gasteiger partial charge in [-0.15, -0.1) is 0 Å². The van der Waals surface area contributed by atoms with Crippen molar-refractivity contribution in [1.82, 2.24) is 0 Å². The van der Waals surface area contributed by atoms with Crippen molar-refractivity contribution in [2.45, 2.75) is 61.9 Å². The first-order valence-electron chi connectivity index (χ1n) is 9.83. The Morgan fingerprint density at radius 3 is 2.56 bits per heavy atom. The minimum atomic E-state index is -1.72. The highest BCUT2D eigenvalue weighted by Gasteiger charge is 2.91. The van der Waals surface area contributed by atoms with Crippen molar-refractivity contribution >= 4 is 27.2 Å². The number of rotatable bonds is 2. The molecule has 2 saturated carbocycles. The summed E-state index contributed by atoms with van der Waals surface area (Å²) in [4.78, 5) is 13.2. The van der Waals surface area contributed by atoms with Crippen LogP contribution >= 0.6 is 0 Å². The number of primary amides is 1. The molecule has 2 N–H and O–H groups in total. The highest BCUT2D eigenvalue weighted by molar-refractivity contribution is 7.48. The molecule has 5 rings (SSSR count). The van der Waals surface area contributed by atoms with Crippen LogP contribution in [0.3, 0.4) is 0 Å². The van der Waals surface area contributed by atoms with E-state index in [1.807, 2.05) is 0 Å². The lowest BCUT2D eigenvalue weighted by Crippen LogP contribution is -2.92. The maximum atomic E-state index is 13.2. The van der Waals surface area contributed by atoms with Crippen LogP contribution in [0.2, 0.25) is 31.2 Å². The molecular formula is C21H29NOSi2. The molecule has 0 spiro atoms. The average molecular weight is 368 g/mol. The van der Waals surface area contributed by atoms with Crippen molar-refractivity contribution < 1.29 is 4.79 Å². The van der Waals surface area contributed by atoms with Crippen LogP contribution < -0.4 is 5.73 Å². The first-order valence-corrected chi connectivity index (χ1v) is 16.8. The van der Waals surface area contributed by atoms with Crippen molar-refractivity contribution in [3.05, 3.63) is 41.0 Å². The third-order valence-corrected chi connectivity index (χ3v) is 30.6. The van der Waals surface area contributed by atoms with Gasteiger partial charge in [-0.3, -0.25) is 4.79 Å². The molecule has 25 heavy (non-hydrogen) atoms. The van der Waals surface area contributed by atoms with Gasteiger partial charge in [-0.05, 0) is 54.2 Å². The quantitative estimate of drug-likeness (QED) is 0.782. The maximum absolute atomic E-state index is 13.2. The molecule has 1 aromatic carbocycles. The van der Waals surface area contributed by atoms with E-state index in [0.29, 0.717) is 11.8 Å². The van der Waals surface area contributed by atoms with Gasteiger partial charge < -0.3 is 5.73 Å².